The molecule has 1 aromatic carbocycles. The summed E-state index contributed by atoms with van der Waals surface area (Å²) in [7, 11) is 0. The van der Waals surface area contributed by atoms with E-state index in [1.165, 1.54) is 6.07 Å². The van der Waals surface area contributed by atoms with Crippen LogP contribution < -0.4 is 10.9 Å². The number of amides is 1. The zero-order valence-electron chi connectivity index (χ0n) is 23.1. The van der Waals surface area contributed by atoms with E-state index in [0.29, 0.717) is 35.3 Å². The average molecular weight is 562 g/mol. The lowest BCUT2D eigenvalue weighted by Crippen LogP contribution is -2.44. The first-order valence-electron chi connectivity index (χ1n) is 14.5. The van der Waals surface area contributed by atoms with Crippen molar-refractivity contribution in [1.82, 2.24) is 14.9 Å². The van der Waals surface area contributed by atoms with Crippen LogP contribution in [0.3, 0.4) is 0 Å². The third-order valence-corrected chi connectivity index (χ3v) is 9.50. The van der Waals surface area contributed by atoms with Crippen molar-refractivity contribution in [2.45, 2.75) is 96.1 Å². The maximum atomic E-state index is 15.1. The molecule has 2 atom stereocenters. The molecular weight excluding hydrogens is 529 g/mol. The maximum absolute atomic E-state index is 15.1. The van der Waals surface area contributed by atoms with Gasteiger partial charge < -0.3 is 24.5 Å². The van der Waals surface area contributed by atoms with Gasteiger partial charge in [-0.2, -0.15) is 0 Å². The van der Waals surface area contributed by atoms with Crippen LogP contribution >= 0.6 is 0 Å². The fourth-order valence-corrected chi connectivity index (χ4v) is 7.21. The first-order valence-corrected chi connectivity index (χ1v) is 14.5. The van der Waals surface area contributed by atoms with Gasteiger partial charge in [0.2, 0.25) is 0 Å². The van der Waals surface area contributed by atoms with Crippen LogP contribution in [0.5, 0.6) is 0 Å². The number of cyclic esters (lactones) is 1. The van der Waals surface area contributed by atoms with Crippen molar-refractivity contribution < 1.29 is 28.6 Å². The van der Waals surface area contributed by atoms with E-state index in [4.69, 9.17) is 14.5 Å². The number of benzene rings is 1. The number of carbonyl (C=O) groups excluding carboxylic acids is 2. The molecule has 0 bridgehead atoms. The van der Waals surface area contributed by atoms with Crippen molar-refractivity contribution in [1.29, 1.82) is 0 Å². The molecule has 0 unspecified atom stereocenters. The number of carbonyl (C=O) groups is 2. The second-order valence-corrected chi connectivity index (χ2v) is 11.7. The Bertz CT molecular complexity index is 1710. The number of pyridine rings is 2. The van der Waals surface area contributed by atoms with Crippen LogP contribution in [0, 0.1) is 12.7 Å². The SMILES string of the molecule is CC[C@@]1(O)C(=O)OCc2c1cc1n(c2=O)Cc2c-1nc1cc(F)c(C)c3c1c2[C@@H](NC(=O)OC1CCCCC1)CC3. The zero-order valence-corrected chi connectivity index (χ0v) is 23.1. The number of fused-ring (bicyclic) bond motifs is 5. The van der Waals surface area contributed by atoms with Crippen LogP contribution in [0.1, 0.15) is 91.3 Å². The third kappa shape index (κ3) is 3.83. The molecule has 2 N–H and O–H groups in total. The predicted octanol–water partition coefficient (Wildman–Crippen LogP) is 4.57. The Labute approximate surface area is 235 Å². The first-order chi connectivity index (χ1) is 19.7. The molecule has 9 nitrogen and oxygen atoms in total. The van der Waals surface area contributed by atoms with Gasteiger partial charge >= 0.3 is 12.1 Å². The molecule has 2 aliphatic heterocycles. The standard InChI is InChI=1S/C31H32FN3O6/c1-3-31(39)20-11-24-27-18(13-35(24)28(36)19(20)14-40-29(31)37)26-22(34-30(38)41-16-7-5-4-6-8-16)10-9-17-15(2)21(32)12-23(33-27)25(17)26/h11-12,16,22,39H,3-10,13-14H2,1-2H3,(H,34,38)/t22-,31-/m0/s1. The van der Waals surface area contributed by atoms with Crippen LogP contribution in [0.15, 0.2) is 16.9 Å². The highest BCUT2D eigenvalue weighted by atomic mass is 19.1. The number of aromatic nitrogens is 2. The smallest absolute Gasteiger partial charge is 0.407 e. The summed E-state index contributed by atoms with van der Waals surface area (Å²) in [6, 6.07) is 2.63. The molecule has 0 saturated heterocycles. The first kappa shape index (κ1) is 26.1. The van der Waals surface area contributed by atoms with Crippen LogP contribution in [-0.4, -0.2) is 32.8 Å². The molecule has 2 aromatic heterocycles. The predicted molar refractivity (Wildman–Crippen MR) is 147 cm³/mol. The number of hydrogen-bond acceptors (Lipinski definition) is 7. The summed E-state index contributed by atoms with van der Waals surface area (Å²) in [6.07, 6.45) is 5.50. The molecule has 4 aliphatic rings. The Kier molecular flexibility index (Phi) is 5.97. The van der Waals surface area contributed by atoms with E-state index >= 15 is 4.39 Å². The van der Waals surface area contributed by atoms with E-state index < -0.39 is 23.7 Å². The minimum absolute atomic E-state index is 0.0356. The Balaban J connectivity index is 1.39. The second-order valence-electron chi connectivity index (χ2n) is 11.7. The Morgan fingerprint density at radius 2 is 1.98 bits per heavy atom. The number of nitrogens with zero attached hydrogens (tertiary/aromatic N) is 2. The van der Waals surface area contributed by atoms with Gasteiger partial charge in [0, 0.05) is 22.6 Å². The monoisotopic (exact) mass is 561 g/mol. The van der Waals surface area contributed by atoms with Gasteiger partial charge in [0.25, 0.3) is 5.56 Å². The second kappa shape index (κ2) is 9.37. The molecule has 1 fully saturated rings. The number of rotatable bonds is 3. The van der Waals surface area contributed by atoms with Gasteiger partial charge in [0.1, 0.15) is 18.5 Å². The molecular formula is C31H32FN3O6. The lowest BCUT2D eigenvalue weighted by atomic mass is 9.81. The van der Waals surface area contributed by atoms with Crippen molar-refractivity contribution in [3.8, 4) is 11.4 Å². The molecule has 2 aliphatic carbocycles. The van der Waals surface area contributed by atoms with Gasteiger partial charge in [0.15, 0.2) is 5.60 Å². The third-order valence-electron chi connectivity index (χ3n) is 9.50. The number of aryl methyl sites for hydroxylation is 1. The number of alkyl carbamates (subject to hydrolysis) is 1. The van der Waals surface area contributed by atoms with Gasteiger partial charge in [-0.3, -0.25) is 4.79 Å². The molecule has 7 rings (SSSR count). The number of hydrogen-bond donors (Lipinski definition) is 2. The van der Waals surface area contributed by atoms with Crippen molar-refractivity contribution >= 4 is 23.0 Å². The van der Waals surface area contributed by atoms with Gasteiger partial charge in [-0.1, -0.05) is 13.3 Å². The van der Waals surface area contributed by atoms with E-state index in [0.717, 1.165) is 54.2 Å². The van der Waals surface area contributed by atoms with E-state index in [2.05, 4.69) is 5.32 Å². The van der Waals surface area contributed by atoms with Crippen LogP contribution in [0.4, 0.5) is 9.18 Å². The lowest BCUT2D eigenvalue weighted by Gasteiger charge is -2.31. The van der Waals surface area contributed by atoms with Gasteiger partial charge in [-0.25, -0.2) is 19.0 Å². The van der Waals surface area contributed by atoms with Crippen molar-refractivity contribution in [2.24, 2.45) is 0 Å². The van der Waals surface area contributed by atoms with Gasteiger partial charge in [-0.05, 0) is 74.6 Å². The maximum Gasteiger partial charge on any atom is 0.407 e. The Morgan fingerprint density at radius 1 is 1.20 bits per heavy atom. The summed E-state index contributed by atoms with van der Waals surface area (Å²) in [5.74, 6) is -1.16. The number of aliphatic hydroxyl groups is 1. The number of nitrogens with one attached hydrogen (secondary N) is 1. The minimum Gasteiger partial charge on any atom is -0.458 e. The van der Waals surface area contributed by atoms with E-state index in [1.54, 1.807) is 24.5 Å². The highest BCUT2D eigenvalue weighted by molar-refractivity contribution is 5.93. The molecule has 1 amide bonds. The zero-order chi connectivity index (χ0) is 28.6. The summed E-state index contributed by atoms with van der Waals surface area (Å²) in [5.41, 5.74) is 2.48. The quantitative estimate of drug-likeness (QED) is 0.352. The summed E-state index contributed by atoms with van der Waals surface area (Å²) in [5, 5.41) is 15.1. The molecule has 10 heteroatoms. The average Bonchev–Trinajstić information content (AvgIpc) is 3.33. The van der Waals surface area contributed by atoms with Crippen molar-refractivity contribution in [3.63, 3.8) is 0 Å². The summed E-state index contributed by atoms with van der Waals surface area (Å²) >= 11 is 0. The van der Waals surface area contributed by atoms with Crippen LogP contribution in [0.25, 0.3) is 22.3 Å². The fraction of sp³-hybridized carbons (Fsp3) is 0.484. The molecule has 4 heterocycles. The van der Waals surface area contributed by atoms with E-state index in [9.17, 15) is 19.5 Å². The number of halogens is 1. The van der Waals surface area contributed by atoms with Gasteiger partial charge in [-0.15, -0.1) is 0 Å². The molecule has 0 radical (unpaired) electrons. The summed E-state index contributed by atoms with van der Waals surface area (Å²) in [6.45, 7) is 3.38. The topological polar surface area (TPSA) is 120 Å². The highest BCUT2D eigenvalue weighted by Gasteiger charge is 2.46. The summed E-state index contributed by atoms with van der Waals surface area (Å²) in [4.78, 5) is 44.2. The van der Waals surface area contributed by atoms with Gasteiger partial charge in [0.05, 0.1) is 35.1 Å². The van der Waals surface area contributed by atoms with E-state index in [1.807, 2.05) is 0 Å². The minimum atomic E-state index is -1.94. The fourth-order valence-electron chi connectivity index (χ4n) is 7.21. The van der Waals surface area contributed by atoms with Crippen LogP contribution in [0.2, 0.25) is 0 Å². The number of ether oxygens (including phenoxy) is 2. The van der Waals surface area contributed by atoms with E-state index in [-0.39, 0.29) is 48.2 Å². The molecule has 0 spiro atoms. The Morgan fingerprint density at radius 3 is 2.73 bits per heavy atom. The molecule has 1 saturated carbocycles. The normalized spacial score (nSPS) is 23.0. The van der Waals surface area contributed by atoms with Crippen LogP contribution in [-0.2, 0) is 39.4 Å². The summed E-state index contributed by atoms with van der Waals surface area (Å²) < 4.78 is 27.6. The molecule has 214 valence electrons. The Hall–Kier alpha value is -3.79. The molecule has 3 aromatic rings. The highest BCUT2D eigenvalue weighted by Crippen LogP contribution is 2.46. The van der Waals surface area contributed by atoms with Crippen molar-refractivity contribution in [2.75, 3.05) is 0 Å². The van der Waals surface area contributed by atoms with Crippen molar-refractivity contribution in [3.05, 3.63) is 61.7 Å². The molecule has 41 heavy (non-hydrogen) atoms. The number of esters is 1. The lowest BCUT2D eigenvalue weighted by molar-refractivity contribution is -0.172. The largest absolute Gasteiger partial charge is 0.458 e.